The number of rotatable bonds is 0. The number of hydrogen-bond donors (Lipinski definition) is 0. The molecule has 0 aromatic carbocycles. The molecule has 0 fully saturated rings. The molecule has 0 unspecified atom stereocenters. The van der Waals surface area contributed by atoms with Gasteiger partial charge in [-0.15, -0.1) is 0 Å². The fourth-order valence-corrected chi connectivity index (χ4v) is 1.01. The molecule has 0 aliphatic heterocycles. The van der Waals surface area contributed by atoms with Crippen LogP contribution in [0.25, 0.3) is 0 Å². The summed E-state index contributed by atoms with van der Waals surface area (Å²) < 4.78 is 2.00. The predicted octanol–water partition coefficient (Wildman–Crippen LogP) is 2.35. The summed E-state index contributed by atoms with van der Waals surface area (Å²) in [7, 11) is 0. The third-order valence-corrected chi connectivity index (χ3v) is 2.42. The Bertz CT molecular complexity index is 93.4. The molecule has 0 aliphatic carbocycles. The SMILES string of the molecule is CC(C)(C)[N]([Ni])C(C)(C)C. The molecule has 10 heavy (non-hydrogen) atoms. The van der Waals surface area contributed by atoms with Crippen molar-refractivity contribution in [3.63, 3.8) is 0 Å². The van der Waals surface area contributed by atoms with Gasteiger partial charge in [0.2, 0.25) is 0 Å². The van der Waals surface area contributed by atoms with Gasteiger partial charge in [0.1, 0.15) is 0 Å². The monoisotopic (exact) mass is 186 g/mol. The second-order valence-electron chi connectivity index (χ2n) is 4.59. The Labute approximate surface area is 72.7 Å². The molecule has 0 radical (unpaired) electrons. The molecule has 1 nitrogen and oxygen atoms in total. The van der Waals surface area contributed by atoms with E-state index in [1.165, 1.54) is 0 Å². The van der Waals surface area contributed by atoms with Crippen molar-refractivity contribution >= 4 is 0 Å². The van der Waals surface area contributed by atoms with Gasteiger partial charge < -0.3 is 0 Å². The summed E-state index contributed by atoms with van der Waals surface area (Å²) in [5.74, 6) is 0. The second-order valence-corrected chi connectivity index (χ2v) is 5.04. The zero-order valence-electron chi connectivity index (χ0n) is 7.76. The second kappa shape index (κ2) is 2.83. The van der Waals surface area contributed by atoms with Crippen molar-refractivity contribution in [2.45, 2.75) is 52.6 Å². The van der Waals surface area contributed by atoms with E-state index in [1.54, 1.807) is 0 Å². The summed E-state index contributed by atoms with van der Waals surface area (Å²) in [4.78, 5) is 0. The fraction of sp³-hybridized carbons (Fsp3) is 1.00. The van der Waals surface area contributed by atoms with Crippen LogP contribution in [-0.2, 0) is 15.7 Å². The normalized spacial score (nSPS) is 14.5. The molecule has 0 bridgehead atoms. The molecule has 0 aromatic rings. The number of hydrogen-bond acceptors (Lipinski definition) is 1. The van der Waals surface area contributed by atoms with Crippen molar-refractivity contribution in [1.29, 1.82) is 0 Å². The van der Waals surface area contributed by atoms with Crippen LogP contribution in [0.15, 0.2) is 0 Å². The maximum atomic E-state index is 4.94. The molecule has 0 heterocycles. The summed E-state index contributed by atoms with van der Waals surface area (Å²) in [6, 6.07) is 0. The molecule has 0 atom stereocenters. The van der Waals surface area contributed by atoms with Gasteiger partial charge in [-0.05, 0) is 0 Å². The summed E-state index contributed by atoms with van der Waals surface area (Å²) in [6.45, 7) is 12.8. The van der Waals surface area contributed by atoms with Crippen LogP contribution in [0.4, 0.5) is 0 Å². The van der Waals surface area contributed by atoms with Crippen LogP contribution in [0, 0.1) is 0 Å². The minimum atomic E-state index is 0.109. The Morgan fingerprint density at radius 2 is 1.00 bits per heavy atom. The van der Waals surface area contributed by atoms with Gasteiger partial charge in [0, 0.05) is 0 Å². The van der Waals surface area contributed by atoms with Crippen molar-refractivity contribution in [3.8, 4) is 0 Å². The van der Waals surface area contributed by atoms with Gasteiger partial charge in [0.25, 0.3) is 0 Å². The maximum absolute atomic E-state index is 4.94. The molecule has 0 amide bonds. The van der Waals surface area contributed by atoms with E-state index in [0.717, 1.165) is 0 Å². The Morgan fingerprint density at radius 1 is 0.800 bits per heavy atom. The average Bonchev–Trinajstić information content (AvgIpc) is 1.59. The van der Waals surface area contributed by atoms with Crippen LogP contribution in [-0.4, -0.2) is 15.1 Å². The van der Waals surface area contributed by atoms with Crippen LogP contribution in [0.5, 0.6) is 0 Å². The summed E-state index contributed by atoms with van der Waals surface area (Å²) in [5, 5.41) is 0. The van der Waals surface area contributed by atoms with Gasteiger partial charge in [-0.3, -0.25) is 0 Å². The van der Waals surface area contributed by atoms with Crippen LogP contribution in [0.3, 0.4) is 0 Å². The van der Waals surface area contributed by atoms with E-state index >= 15 is 0 Å². The zero-order valence-corrected chi connectivity index (χ0v) is 8.75. The molecule has 0 rings (SSSR count). The van der Waals surface area contributed by atoms with Crippen LogP contribution in [0.2, 0.25) is 0 Å². The fourth-order valence-electron chi connectivity index (χ4n) is 1.01. The third kappa shape index (κ3) is 3.03. The standard InChI is InChI=1S/C8H18N.Ni/c1-7(2,3)9-8(4,5)6;/h1-6H3;/q-1;+1. The van der Waals surface area contributed by atoms with Crippen molar-refractivity contribution in [1.82, 2.24) is 3.98 Å². The van der Waals surface area contributed by atoms with Crippen molar-refractivity contribution in [3.05, 3.63) is 0 Å². The van der Waals surface area contributed by atoms with Gasteiger partial charge in [-0.25, -0.2) is 0 Å². The Kier molecular flexibility index (Phi) is 2.96. The first-order chi connectivity index (χ1) is 4.15. The van der Waals surface area contributed by atoms with Gasteiger partial charge in [0.15, 0.2) is 0 Å². The molecule has 0 saturated carbocycles. The van der Waals surface area contributed by atoms with E-state index in [9.17, 15) is 0 Å². The third-order valence-electron chi connectivity index (χ3n) is 1.10. The average molecular weight is 187 g/mol. The summed E-state index contributed by atoms with van der Waals surface area (Å²) >= 11 is 4.94. The van der Waals surface area contributed by atoms with Crippen molar-refractivity contribution in [2.75, 3.05) is 0 Å². The zero-order chi connectivity index (χ0) is 8.58. The van der Waals surface area contributed by atoms with Crippen LogP contribution < -0.4 is 0 Å². The molecule has 0 aromatic heterocycles. The first-order valence-electron chi connectivity index (χ1n) is 3.59. The van der Waals surface area contributed by atoms with E-state index in [1.807, 2.05) is 3.98 Å². The first-order valence-corrected chi connectivity index (χ1v) is 4.03. The minimum absolute atomic E-state index is 0.109. The molecule has 0 saturated heterocycles. The summed E-state index contributed by atoms with van der Waals surface area (Å²) in [6.07, 6.45) is 0. The molecular weight excluding hydrogens is 169 g/mol. The van der Waals surface area contributed by atoms with Crippen LogP contribution >= 0.6 is 0 Å². The predicted molar refractivity (Wildman–Crippen MR) is 41.3 cm³/mol. The Balaban J connectivity index is 4.23. The van der Waals surface area contributed by atoms with E-state index in [-0.39, 0.29) is 11.1 Å². The quantitative estimate of drug-likeness (QED) is 0.526. The summed E-state index contributed by atoms with van der Waals surface area (Å²) in [5.41, 5.74) is 0.219. The van der Waals surface area contributed by atoms with Gasteiger partial charge in [-0.2, -0.15) is 0 Å². The molecule has 0 N–H and O–H groups in total. The van der Waals surface area contributed by atoms with Crippen molar-refractivity contribution in [2.24, 2.45) is 0 Å². The molecule has 0 aliphatic rings. The molecular formula is C8H18NNi. The van der Waals surface area contributed by atoms with Gasteiger partial charge in [-0.1, -0.05) is 0 Å². The van der Waals surface area contributed by atoms with E-state index in [4.69, 9.17) is 15.7 Å². The molecule has 65 valence electrons. The molecule has 0 spiro atoms. The topological polar surface area (TPSA) is 3.24 Å². The Hall–Kier alpha value is 0.454. The van der Waals surface area contributed by atoms with E-state index < -0.39 is 0 Å². The van der Waals surface area contributed by atoms with Crippen LogP contribution in [0.1, 0.15) is 41.5 Å². The molecule has 2 heteroatoms. The van der Waals surface area contributed by atoms with E-state index in [0.29, 0.717) is 0 Å². The van der Waals surface area contributed by atoms with E-state index in [2.05, 4.69) is 41.5 Å². The number of nitrogens with zero attached hydrogens (tertiary/aromatic N) is 1. The first kappa shape index (κ1) is 10.5. The van der Waals surface area contributed by atoms with Gasteiger partial charge >= 0.3 is 72.3 Å². The van der Waals surface area contributed by atoms with Gasteiger partial charge in [0.05, 0.1) is 0 Å². The van der Waals surface area contributed by atoms with Crippen molar-refractivity contribution < 1.29 is 15.7 Å². The Morgan fingerprint density at radius 3 is 1.00 bits per heavy atom.